The first kappa shape index (κ1) is 33.9. The summed E-state index contributed by atoms with van der Waals surface area (Å²) in [4.78, 5) is 7.04. The average Bonchev–Trinajstić information content (AvgIpc) is 3.15. The third-order valence-electron chi connectivity index (χ3n) is 8.71. The molecule has 0 heterocycles. The van der Waals surface area contributed by atoms with Crippen LogP contribution in [0.15, 0.2) is 188 Å². The van der Waals surface area contributed by atoms with Gasteiger partial charge in [-0.2, -0.15) is 0 Å². The fourth-order valence-electron chi connectivity index (χ4n) is 6.06. The number of nitrogens with zero attached hydrogens (tertiary/aromatic N) is 3. The van der Waals surface area contributed by atoms with Gasteiger partial charge >= 0.3 is 0 Å². The van der Waals surface area contributed by atoms with Crippen LogP contribution in [-0.4, -0.2) is 6.67 Å². The number of para-hydroxylation sites is 3. The predicted octanol–water partition coefficient (Wildman–Crippen LogP) is 12.4. The average molecular weight is 711 g/mol. The van der Waals surface area contributed by atoms with Crippen LogP contribution in [0.1, 0.15) is 11.1 Å². The maximum atomic E-state index is 2.37. The maximum absolute atomic E-state index is 2.37. The smallest absolute Gasteiger partial charge is 0.0999 e. The standard InChI is InChI=1S/C45H39N3.Y/c1-35-18-26-41(27-19-35)46(39-12-6-3-7-13-39)34-47(40-14-8-4-9-15-40)42-30-22-37(23-31-42)38-24-32-45(33-25-38)48(43-16-10-5-11-17-43)44-28-20-36(2)21-29-44;/h3-33H,34H2,1-2H3;. The molecule has 0 amide bonds. The van der Waals surface area contributed by atoms with Crippen molar-refractivity contribution in [2.24, 2.45) is 0 Å². The summed E-state index contributed by atoms with van der Waals surface area (Å²) in [7, 11) is 0. The van der Waals surface area contributed by atoms with Gasteiger partial charge in [0.05, 0.1) is 6.67 Å². The van der Waals surface area contributed by atoms with E-state index in [1.807, 2.05) is 0 Å². The summed E-state index contributed by atoms with van der Waals surface area (Å²) in [6.45, 7) is 4.91. The Balaban J connectivity index is 0.00000417. The van der Waals surface area contributed by atoms with E-state index in [4.69, 9.17) is 0 Å². The van der Waals surface area contributed by atoms with Gasteiger partial charge in [-0.05, 0) is 110 Å². The van der Waals surface area contributed by atoms with Crippen molar-refractivity contribution in [1.82, 2.24) is 0 Å². The molecule has 49 heavy (non-hydrogen) atoms. The van der Waals surface area contributed by atoms with E-state index in [0.717, 1.165) is 39.8 Å². The zero-order chi connectivity index (χ0) is 32.7. The monoisotopic (exact) mass is 710 g/mol. The van der Waals surface area contributed by atoms with Crippen LogP contribution in [0.2, 0.25) is 0 Å². The van der Waals surface area contributed by atoms with E-state index in [1.165, 1.54) is 22.3 Å². The first-order valence-corrected chi connectivity index (χ1v) is 16.5. The number of rotatable bonds is 10. The van der Waals surface area contributed by atoms with Gasteiger partial charge in [-0.25, -0.2) is 0 Å². The summed E-state index contributed by atoms with van der Waals surface area (Å²) < 4.78 is 0. The van der Waals surface area contributed by atoms with Crippen molar-refractivity contribution in [3.05, 3.63) is 199 Å². The number of anilines is 7. The van der Waals surface area contributed by atoms with Crippen LogP contribution in [0.4, 0.5) is 39.8 Å². The SMILES string of the molecule is Cc1ccc(N(CN(c2ccccc2)c2ccc(-c3ccc(N(c4ccccc4)c4ccc(C)cc4)cc3)cc2)c2ccccc2)cc1.[Y]. The fourth-order valence-corrected chi connectivity index (χ4v) is 6.06. The van der Waals surface area contributed by atoms with Gasteiger partial charge in [0, 0.05) is 72.5 Å². The predicted molar refractivity (Wildman–Crippen MR) is 205 cm³/mol. The van der Waals surface area contributed by atoms with Crippen molar-refractivity contribution in [2.75, 3.05) is 21.4 Å². The number of hydrogen-bond donors (Lipinski definition) is 0. The first-order valence-electron chi connectivity index (χ1n) is 16.5. The van der Waals surface area contributed by atoms with Crippen LogP contribution in [0, 0.1) is 13.8 Å². The second-order valence-electron chi connectivity index (χ2n) is 12.1. The summed E-state index contributed by atoms with van der Waals surface area (Å²) in [5, 5.41) is 0. The molecule has 0 atom stereocenters. The van der Waals surface area contributed by atoms with Gasteiger partial charge in [0.1, 0.15) is 0 Å². The molecule has 0 bridgehead atoms. The summed E-state index contributed by atoms with van der Waals surface area (Å²) in [6.07, 6.45) is 0. The molecule has 0 unspecified atom stereocenters. The van der Waals surface area contributed by atoms with Crippen molar-refractivity contribution in [2.45, 2.75) is 13.8 Å². The van der Waals surface area contributed by atoms with Crippen LogP contribution < -0.4 is 14.7 Å². The Kier molecular flexibility index (Phi) is 11.1. The minimum Gasteiger partial charge on any atom is -0.323 e. The van der Waals surface area contributed by atoms with Crippen LogP contribution in [0.25, 0.3) is 11.1 Å². The van der Waals surface area contributed by atoms with Gasteiger partial charge in [-0.3, -0.25) is 0 Å². The van der Waals surface area contributed by atoms with Gasteiger partial charge in [0.2, 0.25) is 0 Å². The molecule has 4 heteroatoms. The van der Waals surface area contributed by atoms with Gasteiger partial charge in [-0.1, -0.05) is 114 Å². The second-order valence-corrected chi connectivity index (χ2v) is 12.1. The first-order chi connectivity index (χ1) is 23.6. The molecule has 0 aliphatic rings. The Hall–Kier alpha value is -4.96. The molecular formula is C45H39N3Y. The molecule has 0 aromatic heterocycles. The number of aryl methyl sites for hydroxylation is 2. The Morgan fingerprint density at radius 1 is 0.306 bits per heavy atom. The zero-order valence-electron chi connectivity index (χ0n) is 28.0. The third-order valence-corrected chi connectivity index (χ3v) is 8.71. The third kappa shape index (κ3) is 8.03. The molecule has 7 aromatic carbocycles. The molecule has 1 radical (unpaired) electrons. The van der Waals surface area contributed by atoms with E-state index in [2.05, 4.69) is 217 Å². The Morgan fingerprint density at radius 2 is 0.571 bits per heavy atom. The molecule has 237 valence electrons. The molecule has 0 fully saturated rings. The van der Waals surface area contributed by atoms with E-state index in [-0.39, 0.29) is 32.7 Å². The topological polar surface area (TPSA) is 9.72 Å². The van der Waals surface area contributed by atoms with Gasteiger partial charge in [0.15, 0.2) is 0 Å². The van der Waals surface area contributed by atoms with Gasteiger partial charge in [0.25, 0.3) is 0 Å². The molecule has 0 N–H and O–H groups in total. The van der Waals surface area contributed by atoms with E-state index >= 15 is 0 Å². The van der Waals surface area contributed by atoms with E-state index in [0.29, 0.717) is 6.67 Å². The molecule has 7 rings (SSSR count). The molecular weight excluding hydrogens is 671 g/mol. The second kappa shape index (κ2) is 16.0. The summed E-state index contributed by atoms with van der Waals surface area (Å²) >= 11 is 0. The summed E-state index contributed by atoms with van der Waals surface area (Å²) in [5.41, 5.74) is 12.8. The number of benzene rings is 7. The van der Waals surface area contributed by atoms with Crippen LogP contribution in [0.5, 0.6) is 0 Å². The molecule has 7 aromatic rings. The van der Waals surface area contributed by atoms with Crippen molar-refractivity contribution in [3.8, 4) is 11.1 Å². The van der Waals surface area contributed by atoms with Crippen molar-refractivity contribution in [1.29, 1.82) is 0 Å². The molecule has 0 spiro atoms. The molecule has 0 saturated carbocycles. The summed E-state index contributed by atoms with van der Waals surface area (Å²) in [6, 6.07) is 67.1. The minimum absolute atomic E-state index is 0. The zero-order valence-corrected chi connectivity index (χ0v) is 30.9. The van der Waals surface area contributed by atoms with Gasteiger partial charge in [-0.15, -0.1) is 0 Å². The fraction of sp³-hybridized carbons (Fsp3) is 0.0667. The normalized spacial score (nSPS) is 10.6. The molecule has 0 aliphatic heterocycles. The quantitative estimate of drug-likeness (QED) is 0.131. The van der Waals surface area contributed by atoms with Gasteiger partial charge < -0.3 is 14.7 Å². The van der Waals surface area contributed by atoms with Crippen molar-refractivity contribution >= 4 is 39.8 Å². The van der Waals surface area contributed by atoms with Crippen LogP contribution in [0.3, 0.4) is 0 Å². The van der Waals surface area contributed by atoms with Crippen LogP contribution >= 0.6 is 0 Å². The van der Waals surface area contributed by atoms with E-state index < -0.39 is 0 Å². The molecule has 3 nitrogen and oxygen atoms in total. The number of hydrogen-bond acceptors (Lipinski definition) is 3. The van der Waals surface area contributed by atoms with Crippen molar-refractivity contribution < 1.29 is 32.7 Å². The van der Waals surface area contributed by atoms with E-state index in [9.17, 15) is 0 Å². The Bertz CT molecular complexity index is 2030. The maximum Gasteiger partial charge on any atom is 0.0999 e. The molecule has 0 aliphatic carbocycles. The van der Waals surface area contributed by atoms with E-state index in [1.54, 1.807) is 0 Å². The largest absolute Gasteiger partial charge is 0.323 e. The minimum atomic E-state index is 0. The van der Waals surface area contributed by atoms with Crippen LogP contribution in [-0.2, 0) is 32.7 Å². The van der Waals surface area contributed by atoms with Crippen molar-refractivity contribution in [3.63, 3.8) is 0 Å². The Morgan fingerprint density at radius 3 is 0.959 bits per heavy atom. The Labute approximate surface area is 316 Å². The summed E-state index contributed by atoms with van der Waals surface area (Å²) in [5.74, 6) is 0. The molecule has 0 saturated heterocycles.